The number of carbonyl (C=O) groups is 1. The lowest BCUT2D eigenvalue weighted by molar-refractivity contribution is -0.142. The zero-order valence-corrected chi connectivity index (χ0v) is 8.60. The number of benzene rings is 1. The first-order chi connectivity index (χ1) is 7.26. The molecule has 0 unspecified atom stereocenters. The summed E-state index contributed by atoms with van der Waals surface area (Å²) in [6.45, 7) is 0.0399. The predicted molar refractivity (Wildman–Crippen MR) is 54.7 cm³/mol. The zero-order chi connectivity index (χ0) is 11.1. The van der Waals surface area contributed by atoms with Gasteiger partial charge in [0.15, 0.2) is 6.61 Å². The molecule has 0 saturated heterocycles. The van der Waals surface area contributed by atoms with Crippen molar-refractivity contribution in [3.05, 3.63) is 29.8 Å². The molecule has 0 radical (unpaired) electrons. The molecule has 0 atom stereocenters. The van der Waals surface area contributed by atoms with Crippen molar-refractivity contribution in [2.45, 2.75) is 6.42 Å². The first-order valence-corrected chi connectivity index (χ1v) is 4.65. The largest absolute Gasteiger partial charge is 0.482 e. The fourth-order valence-electron chi connectivity index (χ4n) is 1.08. The minimum Gasteiger partial charge on any atom is -0.482 e. The highest BCUT2D eigenvalue weighted by Crippen LogP contribution is 2.12. The number of aliphatic hydroxyl groups is 1. The molecule has 0 aliphatic carbocycles. The maximum atomic E-state index is 10.8. The standard InChI is InChI=1S/C11H14O4/c1-14-11(13)8-15-10-4-2-9(3-5-10)6-7-12/h2-5,12H,6-8H2,1H3. The van der Waals surface area contributed by atoms with Crippen LogP contribution < -0.4 is 4.74 Å². The number of aliphatic hydroxyl groups excluding tert-OH is 1. The highest BCUT2D eigenvalue weighted by molar-refractivity contribution is 5.70. The number of rotatable bonds is 5. The van der Waals surface area contributed by atoms with Crippen LogP contribution in [0.5, 0.6) is 5.75 Å². The Hall–Kier alpha value is -1.55. The van der Waals surface area contributed by atoms with Crippen LogP contribution in [0.4, 0.5) is 0 Å². The molecule has 0 amide bonds. The third-order valence-electron chi connectivity index (χ3n) is 1.91. The van der Waals surface area contributed by atoms with E-state index in [9.17, 15) is 4.79 Å². The molecular formula is C11H14O4. The van der Waals surface area contributed by atoms with Gasteiger partial charge in [0, 0.05) is 6.61 Å². The van der Waals surface area contributed by atoms with Crippen LogP contribution in [0.25, 0.3) is 0 Å². The Labute approximate surface area is 88.4 Å². The van der Waals surface area contributed by atoms with Gasteiger partial charge >= 0.3 is 5.97 Å². The third kappa shape index (κ3) is 3.99. The molecule has 0 spiro atoms. The molecule has 0 bridgehead atoms. The first-order valence-electron chi connectivity index (χ1n) is 4.65. The number of hydrogen-bond donors (Lipinski definition) is 1. The van der Waals surface area contributed by atoms with Crippen molar-refractivity contribution in [1.29, 1.82) is 0 Å². The van der Waals surface area contributed by atoms with E-state index in [1.54, 1.807) is 12.1 Å². The normalized spacial score (nSPS) is 9.73. The zero-order valence-electron chi connectivity index (χ0n) is 8.60. The van der Waals surface area contributed by atoms with Crippen LogP contribution in [0.2, 0.25) is 0 Å². The van der Waals surface area contributed by atoms with E-state index in [1.807, 2.05) is 12.1 Å². The summed E-state index contributed by atoms with van der Waals surface area (Å²) in [5.74, 6) is 0.205. The van der Waals surface area contributed by atoms with E-state index in [1.165, 1.54) is 7.11 Å². The molecule has 1 aromatic carbocycles. The molecule has 0 aliphatic heterocycles. The maximum absolute atomic E-state index is 10.8. The van der Waals surface area contributed by atoms with Gasteiger partial charge in [-0.2, -0.15) is 0 Å². The van der Waals surface area contributed by atoms with Gasteiger partial charge in [0.25, 0.3) is 0 Å². The minimum atomic E-state index is -0.408. The Morgan fingerprint density at radius 3 is 2.53 bits per heavy atom. The first kappa shape index (κ1) is 11.5. The molecule has 82 valence electrons. The van der Waals surface area contributed by atoms with Crippen LogP contribution in [0, 0.1) is 0 Å². The second-order valence-corrected chi connectivity index (χ2v) is 2.98. The summed E-state index contributed by atoms with van der Waals surface area (Å²) in [6, 6.07) is 7.22. The van der Waals surface area contributed by atoms with Crippen LogP contribution in [0.3, 0.4) is 0 Å². The van der Waals surface area contributed by atoms with Crippen LogP contribution in [-0.2, 0) is 16.0 Å². The second kappa shape index (κ2) is 6.03. The topological polar surface area (TPSA) is 55.8 Å². The predicted octanol–water partition coefficient (Wildman–Crippen LogP) is 0.773. The van der Waals surface area contributed by atoms with Crippen molar-refractivity contribution in [3.63, 3.8) is 0 Å². The summed E-state index contributed by atoms with van der Waals surface area (Å²) in [7, 11) is 1.32. The SMILES string of the molecule is COC(=O)COc1ccc(CCO)cc1. The van der Waals surface area contributed by atoms with Crippen molar-refractivity contribution in [2.24, 2.45) is 0 Å². The Morgan fingerprint density at radius 2 is 2.00 bits per heavy atom. The summed E-state index contributed by atoms with van der Waals surface area (Å²) in [5, 5.41) is 8.70. The molecule has 1 N–H and O–H groups in total. The van der Waals surface area contributed by atoms with Crippen molar-refractivity contribution < 1.29 is 19.4 Å². The molecule has 0 saturated carbocycles. The van der Waals surface area contributed by atoms with Gasteiger partial charge < -0.3 is 14.6 Å². The van der Waals surface area contributed by atoms with Gasteiger partial charge in [-0.05, 0) is 24.1 Å². The number of carbonyl (C=O) groups excluding carboxylic acids is 1. The summed E-state index contributed by atoms with van der Waals surface area (Å²) in [5.41, 5.74) is 1.03. The fraction of sp³-hybridized carbons (Fsp3) is 0.364. The Balaban J connectivity index is 2.45. The minimum absolute atomic E-state index is 0.0875. The van der Waals surface area contributed by atoms with E-state index in [2.05, 4.69) is 4.74 Å². The highest BCUT2D eigenvalue weighted by atomic mass is 16.6. The number of hydrogen-bond acceptors (Lipinski definition) is 4. The Kier molecular flexibility index (Phi) is 4.63. The number of esters is 1. The highest BCUT2D eigenvalue weighted by Gasteiger charge is 2.01. The van der Waals surface area contributed by atoms with E-state index in [0.29, 0.717) is 12.2 Å². The van der Waals surface area contributed by atoms with Crippen molar-refractivity contribution in [2.75, 3.05) is 20.3 Å². The number of methoxy groups -OCH3 is 1. The van der Waals surface area contributed by atoms with Gasteiger partial charge in [0.1, 0.15) is 5.75 Å². The quantitative estimate of drug-likeness (QED) is 0.729. The average Bonchev–Trinajstić information content (AvgIpc) is 2.28. The van der Waals surface area contributed by atoms with Gasteiger partial charge in [-0.3, -0.25) is 0 Å². The Bertz CT molecular complexity index is 305. The molecule has 4 nitrogen and oxygen atoms in total. The van der Waals surface area contributed by atoms with Crippen molar-refractivity contribution in [3.8, 4) is 5.75 Å². The molecule has 1 rings (SSSR count). The van der Waals surface area contributed by atoms with Crippen LogP contribution >= 0.6 is 0 Å². The maximum Gasteiger partial charge on any atom is 0.343 e. The van der Waals surface area contributed by atoms with Crippen LogP contribution in [-0.4, -0.2) is 31.4 Å². The van der Waals surface area contributed by atoms with Gasteiger partial charge in [-0.1, -0.05) is 12.1 Å². The van der Waals surface area contributed by atoms with Crippen LogP contribution in [0.1, 0.15) is 5.56 Å². The van der Waals surface area contributed by atoms with Crippen molar-refractivity contribution >= 4 is 5.97 Å². The van der Waals surface area contributed by atoms with Gasteiger partial charge in [-0.15, -0.1) is 0 Å². The molecular weight excluding hydrogens is 196 g/mol. The third-order valence-corrected chi connectivity index (χ3v) is 1.91. The smallest absolute Gasteiger partial charge is 0.343 e. The van der Waals surface area contributed by atoms with Gasteiger partial charge in [0.05, 0.1) is 7.11 Å². The van der Waals surface area contributed by atoms with E-state index in [0.717, 1.165) is 5.56 Å². The van der Waals surface area contributed by atoms with Crippen LogP contribution in [0.15, 0.2) is 24.3 Å². The molecule has 1 aromatic rings. The fourth-order valence-corrected chi connectivity index (χ4v) is 1.08. The lowest BCUT2D eigenvalue weighted by Gasteiger charge is -2.05. The Morgan fingerprint density at radius 1 is 1.33 bits per heavy atom. The van der Waals surface area contributed by atoms with Gasteiger partial charge in [-0.25, -0.2) is 4.79 Å². The summed E-state index contributed by atoms with van der Waals surface area (Å²) >= 11 is 0. The molecule has 0 aromatic heterocycles. The van der Waals surface area contributed by atoms with Crippen molar-refractivity contribution in [1.82, 2.24) is 0 Å². The van der Waals surface area contributed by atoms with E-state index < -0.39 is 5.97 Å². The lowest BCUT2D eigenvalue weighted by Crippen LogP contribution is -2.12. The van der Waals surface area contributed by atoms with E-state index in [-0.39, 0.29) is 13.2 Å². The average molecular weight is 210 g/mol. The molecule has 0 aliphatic rings. The van der Waals surface area contributed by atoms with E-state index >= 15 is 0 Å². The lowest BCUT2D eigenvalue weighted by atomic mass is 10.1. The second-order valence-electron chi connectivity index (χ2n) is 2.98. The van der Waals surface area contributed by atoms with E-state index in [4.69, 9.17) is 9.84 Å². The molecule has 0 fully saturated rings. The molecule has 4 heteroatoms. The monoisotopic (exact) mass is 210 g/mol. The molecule has 0 heterocycles. The molecule has 15 heavy (non-hydrogen) atoms. The summed E-state index contributed by atoms with van der Waals surface area (Å²) < 4.78 is 9.59. The summed E-state index contributed by atoms with van der Waals surface area (Å²) in [4.78, 5) is 10.8. The summed E-state index contributed by atoms with van der Waals surface area (Å²) in [6.07, 6.45) is 0.622. The van der Waals surface area contributed by atoms with Gasteiger partial charge in [0.2, 0.25) is 0 Å². The number of ether oxygens (including phenoxy) is 2.